The third kappa shape index (κ3) is 2.73. The summed E-state index contributed by atoms with van der Waals surface area (Å²) < 4.78 is 0. The fourth-order valence-corrected chi connectivity index (χ4v) is 2.41. The van der Waals surface area contributed by atoms with Gasteiger partial charge in [-0.3, -0.25) is 4.79 Å². The summed E-state index contributed by atoms with van der Waals surface area (Å²) in [5.41, 5.74) is 0. The van der Waals surface area contributed by atoms with Crippen LogP contribution in [0.1, 0.15) is 52.9 Å². The first-order chi connectivity index (χ1) is 6.66. The molecule has 2 nitrogen and oxygen atoms in total. The topological polar surface area (TPSA) is 20.3 Å². The summed E-state index contributed by atoms with van der Waals surface area (Å²) in [5.74, 6) is 0.963. The molecule has 1 rings (SSSR count). The summed E-state index contributed by atoms with van der Waals surface area (Å²) in [6.45, 7) is 7.59. The first-order valence-corrected chi connectivity index (χ1v) is 5.96. The third-order valence-electron chi connectivity index (χ3n) is 3.20. The minimum absolute atomic E-state index is 0.378. The van der Waals surface area contributed by atoms with E-state index in [0.29, 0.717) is 17.9 Å². The fraction of sp³-hybridized carbons (Fsp3) is 0.917. The van der Waals surface area contributed by atoms with Gasteiger partial charge in [-0.25, -0.2) is 0 Å². The summed E-state index contributed by atoms with van der Waals surface area (Å²) in [5, 5.41) is 0. The average molecular weight is 197 g/mol. The number of hydrogen-bond donors (Lipinski definition) is 0. The molecule has 1 amide bonds. The predicted molar refractivity (Wildman–Crippen MR) is 59.1 cm³/mol. The number of nitrogens with zero attached hydrogens (tertiary/aromatic N) is 1. The highest BCUT2D eigenvalue weighted by Crippen LogP contribution is 2.20. The molecule has 1 unspecified atom stereocenters. The first kappa shape index (κ1) is 11.5. The Morgan fingerprint density at radius 2 is 2.00 bits per heavy atom. The van der Waals surface area contributed by atoms with E-state index in [1.165, 1.54) is 12.8 Å². The van der Waals surface area contributed by atoms with E-state index in [2.05, 4.69) is 25.7 Å². The molecule has 0 aromatic carbocycles. The van der Waals surface area contributed by atoms with Crippen molar-refractivity contribution in [3.63, 3.8) is 0 Å². The van der Waals surface area contributed by atoms with Crippen molar-refractivity contribution in [2.24, 2.45) is 5.92 Å². The Hall–Kier alpha value is -0.530. The van der Waals surface area contributed by atoms with Crippen LogP contribution in [-0.2, 0) is 4.79 Å². The van der Waals surface area contributed by atoms with Crippen LogP contribution in [0.4, 0.5) is 0 Å². The smallest absolute Gasteiger partial charge is 0.222 e. The molecule has 0 aromatic heterocycles. The normalized spacial score (nSPS) is 21.1. The van der Waals surface area contributed by atoms with Crippen LogP contribution in [0.5, 0.6) is 0 Å². The van der Waals surface area contributed by atoms with Crippen LogP contribution >= 0.6 is 0 Å². The van der Waals surface area contributed by atoms with Gasteiger partial charge in [-0.1, -0.05) is 27.2 Å². The Morgan fingerprint density at radius 3 is 2.57 bits per heavy atom. The van der Waals surface area contributed by atoms with Crippen molar-refractivity contribution in [3.05, 3.63) is 0 Å². The SMILES string of the molecule is CCC(C(C)C)N1CCCCCC1=O. The molecule has 14 heavy (non-hydrogen) atoms. The predicted octanol–water partition coefficient (Wildman–Crippen LogP) is 2.82. The van der Waals surface area contributed by atoms with E-state index in [1.54, 1.807) is 0 Å². The zero-order chi connectivity index (χ0) is 10.6. The van der Waals surface area contributed by atoms with Crippen LogP contribution in [0.2, 0.25) is 0 Å². The molecule has 0 saturated carbocycles. The van der Waals surface area contributed by atoms with Gasteiger partial charge in [-0.2, -0.15) is 0 Å². The molecule has 0 aromatic rings. The van der Waals surface area contributed by atoms with Crippen LogP contribution < -0.4 is 0 Å². The molecular formula is C12H23NO. The van der Waals surface area contributed by atoms with Crippen molar-refractivity contribution in [2.45, 2.75) is 58.9 Å². The van der Waals surface area contributed by atoms with E-state index in [1.807, 2.05) is 0 Å². The molecule has 1 heterocycles. The highest BCUT2D eigenvalue weighted by atomic mass is 16.2. The number of likely N-dealkylation sites (tertiary alicyclic amines) is 1. The zero-order valence-corrected chi connectivity index (χ0v) is 9.75. The number of carbonyl (C=O) groups is 1. The lowest BCUT2D eigenvalue weighted by Crippen LogP contribution is -2.42. The van der Waals surface area contributed by atoms with Gasteiger partial charge in [0.05, 0.1) is 0 Å². The molecule has 82 valence electrons. The van der Waals surface area contributed by atoms with Crippen LogP contribution in [0.25, 0.3) is 0 Å². The summed E-state index contributed by atoms with van der Waals surface area (Å²) >= 11 is 0. The molecule has 0 spiro atoms. The monoisotopic (exact) mass is 197 g/mol. The maximum absolute atomic E-state index is 11.8. The van der Waals surface area contributed by atoms with Gasteiger partial charge >= 0.3 is 0 Å². The van der Waals surface area contributed by atoms with Crippen LogP contribution in [0.3, 0.4) is 0 Å². The second kappa shape index (κ2) is 5.38. The summed E-state index contributed by atoms with van der Waals surface area (Å²) in [7, 11) is 0. The van der Waals surface area contributed by atoms with Crippen molar-refractivity contribution < 1.29 is 4.79 Å². The van der Waals surface area contributed by atoms with Gasteiger partial charge in [0, 0.05) is 19.0 Å². The molecule has 0 aliphatic carbocycles. The van der Waals surface area contributed by atoms with Crippen molar-refractivity contribution in [1.29, 1.82) is 0 Å². The number of hydrogen-bond acceptors (Lipinski definition) is 1. The lowest BCUT2D eigenvalue weighted by Gasteiger charge is -2.33. The van der Waals surface area contributed by atoms with E-state index in [-0.39, 0.29) is 0 Å². The Morgan fingerprint density at radius 1 is 1.29 bits per heavy atom. The lowest BCUT2D eigenvalue weighted by molar-refractivity contribution is -0.134. The minimum atomic E-state index is 0.378. The van der Waals surface area contributed by atoms with Crippen molar-refractivity contribution in [3.8, 4) is 0 Å². The van der Waals surface area contributed by atoms with Crippen LogP contribution in [-0.4, -0.2) is 23.4 Å². The van der Waals surface area contributed by atoms with Gasteiger partial charge in [0.25, 0.3) is 0 Å². The number of carbonyl (C=O) groups excluding carboxylic acids is 1. The van der Waals surface area contributed by atoms with Gasteiger partial charge in [-0.05, 0) is 25.2 Å². The molecule has 1 aliphatic rings. The Kier molecular flexibility index (Phi) is 4.43. The maximum Gasteiger partial charge on any atom is 0.222 e. The molecular weight excluding hydrogens is 174 g/mol. The van der Waals surface area contributed by atoms with Gasteiger partial charge in [-0.15, -0.1) is 0 Å². The van der Waals surface area contributed by atoms with Gasteiger partial charge < -0.3 is 4.90 Å². The van der Waals surface area contributed by atoms with E-state index in [4.69, 9.17) is 0 Å². The third-order valence-corrected chi connectivity index (χ3v) is 3.20. The molecule has 1 aliphatic heterocycles. The Balaban J connectivity index is 2.65. The highest BCUT2D eigenvalue weighted by molar-refractivity contribution is 5.76. The largest absolute Gasteiger partial charge is 0.339 e. The number of amides is 1. The molecule has 2 heteroatoms. The van der Waals surface area contributed by atoms with Crippen LogP contribution in [0.15, 0.2) is 0 Å². The van der Waals surface area contributed by atoms with E-state index in [9.17, 15) is 4.79 Å². The van der Waals surface area contributed by atoms with E-state index in [0.717, 1.165) is 25.8 Å². The first-order valence-electron chi connectivity index (χ1n) is 5.96. The summed E-state index contributed by atoms with van der Waals surface area (Å²) in [6, 6.07) is 0.459. The molecule has 0 bridgehead atoms. The van der Waals surface area contributed by atoms with Gasteiger partial charge in [0.15, 0.2) is 0 Å². The highest BCUT2D eigenvalue weighted by Gasteiger charge is 2.25. The second-order valence-electron chi connectivity index (χ2n) is 4.62. The quantitative estimate of drug-likeness (QED) is 0.681. The van der Waals surface area contributed by atoms with Gasteiger partial charge in [0.1, 0.15) is 0 Å². The zero-order valence-electron chi connectivity index (χ0n) is 9.75. The molecule has 1 fully saturated rings. The van der Waals surface area contributed by atoms with E-state index >= 15 is 0 Å². The second-order valence-corrected chi connectivity index (χ2v) is 4.62. The fourth-order valence-electron chi connectivity index (χ4n) is 2.41. The molecule has 1 saturated heterocycles. The van der Waals surface area contributed by atoms with Crippen molar-refractivity contribution in [2.75, 3.05) is 6.54 Å². The Bertz CT molecular complexity index is 189. The van der Waals surface area contributed by atoms with Gasteiger partial charge in [0.2, 0.25) is 5.91 Å². The lowest BCUT2D eigenvalue weighted by atomic mass is 9.99. The van der Waals surface area contributed by atoms with Crippen molar-refractivity contribution >= 4 is 5.91 Å². The van der Waals surface area contributed by atoms with Crippen molar-refractivity contribution in [1.82, 2.24) is 4.90 Å². The average Bonchev–Trinajstić information content (AvgIpc) is 2.33. The maximum atomic E-state index is 11.8. The van der Waals surface area contributed by atoms with E-state index < -0.39 is 0 Å². The number of rotatable bonds is 3. The standard InChI is InChI=1S/C12H23NO/c1-4-11(10(2)3)13-9-7-5-6-8-12(13)14/h10-11H,4-9H2,1-3H3. The minimum Gasteiger partial charge on any atom is -0.339 e. The summed E-state index contributed by atoms with van der Waals surface area (Å²) in [4.78, 5) is 14.0. The molecule has 1 atom stereocenters. The Labute approximate surface area is 87.7 Å². The van der Waals surface area contributed by atoms with Crippen LogP contribution in [0, 0.1) is 5.92 Å². The molecule has 0 radical (unpaired) electrons. The molecule has 0 N–H and O–H groups in total. The summed E-state index contributed by atoms with van der Waals surface area (Å²) in [6.07, 6.45) is 5.35.